The van der Waals surface area contributed by atoms with Crippen molar-refractivity contribution in [1.82, 2.24) is 24.4 Å². The molecule has 0 radical (unpaired) electrons. The Balaban J connectivity index is 1.47. The smallest absolute Gasteiger partial charge is 0.224 e. The number of benzene rings is 1. The second-order valence-corrected chi connectivity index (χ2v) is 11.2. The number of fused-ring (bicyclic) bond motifs is 1. The first-order valence-electron chi connectivity index (χ1n) is 12.7. The van der Waals surface area contributed by atoms with Gasteiger partial charge < -0.3 is 21.3 Å². The quantitative estimate of drug-likeness (QED) is 0.367. The van der Waals surface area contributed by atoms with E-state index in [9.17, 15) is 9.59 Å². The number of aromatic nitrogens is 4. The minimum atomic E-state index is -0.262. The van der Waals surface area contributed by atoms with Gasteiger partial charge >= 0.3 is 0 Å². The Morgan fingerprint density at radius 2 is 1.66 bits per heavy atom. The van der Waals surface area contributed by atoms with Crippen molar-refractivity contribution in [2.24, 2.45) is 11.7 Å². The van der Waals surface area contributed by atoms with Crippen LogP contribution in [-0.4, -0.2) is 55.4 Å². The molecule has 4 N–H and O–H groups in total. The van der Waals surface area contributed by atoms with E-state index in [0.29, 0.717) is 69.7 Å². The van der Waals surface area contributed by atoms with Crippen LogP contribution in [0.1, 0.15) is 51.5 Å². The number of rotatable bonds is 6. The summed E-state index contributed by atoms with van der Waals surface area (Å²) in [5.41, 5.74) is 7.34. The van der Waals surface area contributed by atoms with Gasteiger partial charge in [0.15, 0.2) is 5.65 Å². The van der Waals surface area contributed by atoms with Crippen LogP contribution in [0.3, 0.4) is 0 Å². The molecule has 3 aromatic rings. The summed E-state index contributed by atoms with van der Waals surface area (Å²) in [4.78, 5) is 39.4. The highest BCUT2D eigenvalue weighted by Gasteiger charge is 2.30. The normalized spacial score (nSPS) is 20.5. The van der Waals surface area contributed by atoms with Gasteiger partial charge in [-0.3, -0.25) is 14.2 Å². The number of hydrogen-bond donors (Lipinski definition) is 3. The maximum Gasteiger partial charge on any atom is 0.224 e. The number of piperidine rings is 1. The number of nitrogens with zero attached hydrogens (tertiary/aromatic N) is 5. The van der Waals surface area contributed by atoms with Gasteiger partial charge in [0.05, 0.1) is 21.9 Å². The predicted molar refractivity (Wildman–Crippen MR) is 149 cm³/mol. The molecule has 1 aromatic carbocycles. The molecule has 3 heterocycles. The van der Waals surface area contributed by atoms with Crippen molar-refractivity contribution < 1.29 is 9.59 Å². The van der Waals surface area contributed by atoms with Crippen LogP contribution in [0.2, 0.25) is 15.1 Å². The molecule has 1 aliphatic carbocycles. The maximum absolute atomic E-state index is 11.8. The Morgan fingerprint density at radius 1 is 1.00 bits per heavy atom. The second kappa shape index (κ2) is 11.1. The summed E-state index contributed by atoms with van der Waals surface area (Å²) in [6.45, 7) is 3.00. The van der Waals surface area contributed by atoms with E-state index in [1.165, 1.54) is 0 Å². The molecule has 202 valence electrons. The maximum atomic E-state index is 11.8. The van der Waals surface area contributed by atoms with Crippen molar-refractivity contribution in [2.45, 2.75) is 57.5 Å². The van der Waals surface area contributed by atoms with E-state index in [1.54, 1.807) is 25.3 Å². The third-order valence-electron chi connectivity index (χ3n) is 7.41. The van der Waals surface area contributed by atoms with Gasteiger partial charge in [-0.15, -0.1) is 0 Å². The molecule has 10 nitrogen and oxygen atoms in total. The van der Waals surface area contributed by atoms with E-state index >= 15 is 0 Å². The standard InChI is InChI=1S/C25H29Cl3N8O2/c1-13(37)35-8-6-16(7-9-35)31-24-30-12-20-23(34-24)36(17-4-2-14(3-5-17)22(29)38)25(32-20)33-21-18(27)10-15(26)11-19(21)28/h10-12,14,16-17H,2-9H2,1H3,(H2,29,38)(H,32,33)(H,30,31,34). The summed E-state index contributed by atoms with van der Waals surface area (Å²) in [7, 11) is 0. The lowest BCUT2D eigenvalue weighted by Crippen LogP contribution is -2.41. The molecule has 2 amide bonds. The first-order valence-corrected chi connectivity index (χ1v) is 13.8. The number of amides is 2. The molecular formula is C25H29Cl3N8O2. The van der Waals surface area contributed by atoms with Crippen LogP contribution in [0, 0.1) is 5.92 Å². The summed E-state index contributed by atoms with van der Waals surface area (Å²) in [5, 5.41) is 7.87. The zero-order valence-corrected chi connectivity index (χ0v) is 23.2. The molecule has 2 aliphatic rings. The third-order valence-corrected chi connectivity index (χ3v) is 8.23. The van der Waals surface area contributed by atoms with Gasteiger partial charge in [0.25, 0.3) is 0 Å². The first-order chi connectivity index (χ1) is 18.2. The SMILES string of the molecule is CC(=O)N1CCC(Nc2ncc3nc(Nc4c(Cl)cc(Cl)cc4Cl)n(C4CCC(C(N)=O)CC4)c3n2)CC1. The molecule has 5 rings (SSSR count). The number of hydrogen-bond acceptors (Lipinski definition) is 7. The van der Waals surface area contributed by atoms with Gasteiger partial charge in [0, 0.05) is 43.0 Å². The lowest BCUT2D eigenvalue weighted by Gasteiger charge is -2.31. The van der Waals surface area contributed by atoms with E-state index < -0.39 is 0 Å². The molecular weight excluding hydrogens is 551 g/mol. The van der Waals surface area contributed by atoms with Gasteiger partial charge in [-0.2, -0.15) is 4.98 Å². The van der Waals surface area contributed by atoms with Crippen LogP contribution in [0.25, 0.3) is 11.2 Å². The molecule has 1 aliphatic heterocycles. The van der Waals surface area contributed by atoms with Crippen LogP contribution in [0.15, 0.2) is 18.3 Å². The summed E-state index contributed by atoms with van der Waals surface area (Å²) in [5.74, 6) is 0.721. The van der Waals surface area contributed by atoms with Gasteiger partial charge in [0.1, 0.15) is 5.52 Å². The molecule has 0 spiro atoms. The Morgan fingerprint density at radius 3 is 2.26 bits per heavy atom. The summed E-state index contributed by atoms with van der Waals surface area (Å²) in [6, 6.07) is 3.42. The van der Waals surface area contributed by atoms with E-state index in [2.05, 4.69) is 15.6 Å². The van der Waals surface area contributed by atoms with Crippen molar-refractivity contribution in [2.75, 3.05) is 23.7 Å². The van der Waals surface area contributed by atoms with Crippen molar-refractivity contribution in [3.8, 4) is 0 Å². The number of primary amides is 1. The number of carbonyl (C=O) groups excluding carboxylic acids is 2. The highest BCUT2D eigenvalue weighted by molar-refractivity contribution is 6.41. The van der Waals surface area contributed by atoms with E-state index in [4.69, 9.17) is 50.5 Å². The monoisotopic (exact) mass is 578 g/mol. The van der Waals surface area contributed by atoms with Gasteiger partial charge in [-0.25, -0.2) is 9.97 Å². The molecule has 2 fully saturated rings. The van der Waals surface area contributed by atoms with Gasteiger partial charge in [-0.1, -0.05) is 34.8 Å². The minimum absolute atomic E-state index is 0.0320. The molecule has 1 saturated heterocycles. The Hall–Kier alpha value is -2.82. The highest BCUT2D eigenvalue weighted by atomic mass is 35.5. The minimum Gasteiger partial charge on any atom is -0.369 e. The predicted octanol–water partition coefficient (Wildman–Crippen LogP) is 5.17. The van der Waals surface area contributed by atoms with E-state index in [-0.39, 0.29) is 29.8 Å². The number of anilines is 3. The fraction of sp³-hybridized carbons (Fsp3) is 0.480. The molecule has 0 unspecified atom stereocenters. The molecule has 0 bridgehead atoms. The average molecular weight is 580 g/mol. The van der Waals surface area contributed by atoms with Gasteiger partial charge in [0.2, 0.25) is 23.7 Å². The zero-order valence-electron chi connectivity index (χ0n) is 20.9. The number of carbonyl (C=O) groups is 2. The topological polar surface area (TPSA) is 131 Å². The summed E-state index contributed by atoms with van der Waals surface area (Å²) >= 11 is 19.0. The number of nitrogens with one attached hydrogen (secondary N) is 2. The van der Waals surface area contributed by atoms with Crippen LogP contribution >= 0.6 is 34.8 Å². The summed E-state index contributed by atoms with van der Waals surface area (Å²) < 4.78 is 2.04. The van der Waals surface area contributed by atoms with Crippen molar-refractivity contribution >= 4 is 75.4 Å². The van der Waals surface area contributed by atoms with Crippen molar-refractivity contribution in [3.05, 3.63) is 33.4 Å². The van der Waals surface area contributed by atoms with Crippen LogP contribution in [0.5, 0.6) is 0 Å². The fourth-order valence-corrected chi connectivity index (χ4v) is 6.22. The largest absolute Gasteiger partial charge is 0.369 e. The molecule has 0 atom stereocenters. The Bertz CT molecular complexity index is 1340. The van der Waals surface area contributed by atoms with Gasteiger partial charge in [-0.05, 0) is 50.7 Å². The number of imidazole rings is 1. The van der Waals surface area contributed by atoms with Crippen LogP contribution in [-0.2, 0) is 9.59 Å². The number of nitrogens with two attached hydrogens (primary N) is 1. The lowest BCUT2D eigenvalue weighted by atomic mass is 9.85. The highest BCUT2D eigenvalue weighted by Crippen LogP contribution is 2.40. The molecule has 1 saturated carbocycles. The number of halogens is 3. The average Bonchev–Trinajstić information content (AvgIpc) is 3.24. The Kier molecular flexibility index (Phi) is 7.83. The second-order valence-electron chi connectivity index (χ2n) is 9.91. The third kappa shape index (κ3) is 5.62. The van der Waals surface area contributed by atoms with Crippen LogP contribution in [0.4, 0.5) is 17.6 Å². The van der Waals surface area contributed by atoms with Crippen LogP contribution < -0.4 is 16.4 Å². The first kappa shape index (κ1) is 26.8. The number of likely N-dealkylation sites (tertiary alicyclic amines) is 1. The zero-order chi connectivity index (χ0) is 27.0. The molecule has 38 heavy (non-hydrogen) atoms. The Labute approximate surface area is 235 Å². The van der Waals surface area contributed by atoms with E-state index in [0.717, 1.165) is 25.7 Å². The fourth-order valence-electron chi connectivity index (χ4n) is 5.31. The summed E-state index contributed by atoms with van der Waals surface area (Å²) in [6.07, 6.45) is 6.18. The van der Waals surface area contributed by atoms with E-state index in [1.807, 2.05) is 9.47 Å². The van der Waals surface area contributed by atoms with Crippen molar-refractivity contribution in [3.63, 3.8) is 0 Å². The lowest BCUT2D eigenvalue weighted by molar-refractivity contribution is -0.129. The molecule has 2 aromatic heterocycles. The molecule has 13 heteroatoms. The van der Waals surface area contributed by atoms with Crippen molar-refractivity contribution in [1.29, 1.82) is 0 Å².